The number of nitrogens with zero attached hydrogens (tertiary/aromatic N) is 1. The summed E-state index contributed by atoms with van der Waals surface area (Å²) in [6, 6.07) is 11.4. The maximum Gasteiger partial charge on any atom is 0.260 e. The van der Waals surface area contributed by atoms with Crippen molar-refractivity contribution in [3.63, 3.8) is 0 Å². The zero-order valence-electron chi connectivity index (χ0n) is 17.7. The van der Waals surface area contributed by atoms with Crippen LogP contribution in [-0.4, -0.2) is 42.5 Å². The number of fused-ring (bicyclic) bond motifs is 1. The third-order valence-electron chi connectivity index (χ3n) is 5.09. The first kappa shape index (κ1) is 20.7. The van der Waals surface area contributed by atoms with Crippen LogP contribution in [0, 0.1) is 13.8 Å². The normalized spacial score (nSPS) is 14.0. The van der Waals surface area contributed by atoms with Crippen LogP contribution in [0.4, 0.5) is 5.69 Å². The van der Waals surface area contributed by atoms with Gasteiger partial charge in [-0.05, 0) is 51.0 Å². The van der Waals surface area contributed by atoms with Gasteiger partial charge in [-0.15, -0.1) is 0 Å². The second-order valence-electron chi connectivity index (χ2n) is 8.12. The smallest absolute Gasteiger partial charge is 0.260 e. The van der Waals surface area contributed by atoms with Gasteiger partial charge in [-0.3, -0.25) is 9.59 Å². The van der Waals surface area contributed by atoms with Gasteiger partial charge in [0.05, 0.1) is 6.54 Å². The van der Waals surface area contributed by atoms with Crippen molar-refractivity contribution >= 4 is 17.5 Å². The van der Waals surface area contributed by atoms with E-state index in [9.17, 15) is 9.59 Å². The first-order valence-electron chi connectivity index (χ1n) is 9.70. The van der Waals surface area contributed by atoms with E-state index < -0.39 is 0 Å². The summed E-state index contributed by atoms with van der Waals surface area (Å²) < 4.78 is 11.7. The van der Waals surface area contributed by atoms with Gasteiger partial charge in [0, 0.05) is 24.7 Å². The number of ether oxygens (including phenoxy) is 2. The number of aryl methyl sites for hydroxylation is 1. The lowest BCUT2D eigenvalue weighted by Crippen LogP contribution is -2.37. The second-order valence-corrected chi connectivity index (χ2v) is 8.12. The molecule has 154 valence electrons. The Balaban J connectivity index is 1.55. The molecule has 0 spiro atoms. The second kappa shape index (κ2) is 8.15. The molecular weight excluding hydrogens is 368 g/mol. The summed E-state index contributed by atoms with van der Waals surface area (Å²) in [5.74, 6) is 0.714. The van der Waals surface area contributed by atoms with E-state index in [-0.39, 0.29) is 30.6 Å². The van der Waals surface area contributed by atoms with Crippen LogP contribution in [0.15, 0.2) is 36.4 Å². The largest absolute Gasteiger partial charge is 0.483 e. The predicted molar refractivity (Wildman–Crippen MR) is 113 cm³/mol. The highest BCUT2D eigenvalue weighted by atomic mass is 16.5. The molecule has 0 saturated carbocycles. The molecule has 6 nitrogen and oxygen atoms in total. The number of anilines is 1. The van der Waals surface area contributed by atoms with Crippen LogP contribution in [-0.2, 0) is 16.0 Å². The molecule has 0 radical (unpaired) electrons. The van der Waals surface area contributed by atoms with Crippen LogP contribution in [0.3, 0.4) is 0 Å². The van der Waals surface area contributed by atoms with E-state index >= 15 is 0 Å². The van der Waals surface area contributed by atoms with E-state index in [1.807, 2.05) is 58.0 Å². The van der Waals surface area contributed by atoms with Crippen molar-refractivity contribution in [3.8, 4) is 11.5 Å². The number of para-hydroxylation sites is 1. The Bertz CT molecular complexity index is 936. The van der Waals surface area contributed by atoms with Crippen LogP contribution >= 0.6 is 0 Å². The van der Waals surface area contributed by atoms with E-state index in [4.69, 9.17) is 9.47 Å². The summed E-state index contributed by atoms with van der Waals surface area (Å²) >= 11 is 0. The monoisotopic (exact) mass is 396 g/mol. The number of benzene rings is 2. The Kier molecular flexibility index (Phi) is 5.82. The third-order valence-corrected chi connectivity index (χ3v) is 5.09. The topological polar surface area (TPSA) is 67.9 Å². The molecule has 0 unspecified atom stereocenters. The lowest BCUT2D eigenvalue weighted by molar-refractivity contribution is -0.135. The SMILES string of the molecule is Cc1cccc(NC(=O)CN(C)C(=O)COc2cccc3c2OC(C)(C)C3)c1C. The third kappa shape index (κ3) is 4.88. The molecule has 1 aliphatic rings. The van der Waals surface area contributed by atoms with Crippen LogP contribution in [0.25, 0.3) is 0 Å². The van der Waals surface area contributed by atoms with Crippen LogP contribution in [0.2, 0.25) is 0 Å². The number of carbonyl (C=O) groups is 2. The Morgan fingerprint density at radius 3 is 2.66 bits per heavy atom. The number of amides is 2. The van der Waals surface area contributed by atoms with Gasteiger partial charge in [0.1, 0.15) is 5.60 Å². The molecule has 0 saturated heterocycles. The number of likely N-dealkylation sites (N-methyl/N-ethyl adjacent to an activating group) is 1. The fraction of sp³-hybridized carbons (Fsp3) is 0.391. The molecule has 1 N–H and O–H groups in total. The molecule has 6 heteroatoms. The maximum atomic E-state index is 12.4. The summed E-state index contributed by atoms with van der Waals surface area (Å²) in [7, 11) is 1.59. The molecule has 0 fully saturated rings. The van der Waals surface area contributed by atoms with Crippen LogP contribution in [0.1, 0.15) is 30.5 Å². The molecule has 29 heavy (non-hydrogen) atoms. The standard InChI is InChI=1S/C23H28N2O4/c1-15-8-6-10-18(16(15)2)24-20(26)13-25(5)21(27)14-28-19-11-7-9-17-12-23(3,4)29-22(17)19/h6-11H,12-14H2,1-5H3,(H,24,26). The summed E-state index contributed by atoms with van der Waals surface area (Å²) in [6.07, 6.45) is 0.798. The molecule has 0 atom stereocenters. The number of rotatable bonds is 6. The zero-order valence-corrected chi connectivity index (χ0v) is 17.7. The lowest BCUT2D eigenvalue weighted by atomic mass is 10.0. The average Bonchev–Trinajstić information content (AvgIpc) is 2.97. The Hall–Kier alpha value is -3.02. The molecule has 0 aliphatic carbocycles. The minimum atomic E-state index is -0.283. The van der Waals surface area contributed by atoms with Crippen molar-refractivity contribution in [1.29, 1.82) is 0 Å². The van der Waals surface area contributed by atoms with Gasteiger partial charge in [-0.25, -0.2) is 0 Å². The maximum absolute atomic E-state index is 12.4. The van der Waals surface area contributed by atoms with Crippen molar-refractivity contribution in [2.45, 2.75) is 39.7 Å². The van der Waals surface area contributed by atoms with Crippen LogP contribution < -0.4 is 14.8 Å². The van der Waals surface area contributed by atoms with Gasteiger partial charge in [0.15, 0.2) is 18.1 Å². The lowest BCUT2D eigenvalue weighted by Gasteiger charge is -2.20. The first-order valence-corrected chi connectivity index (χ1v) is 9.70. The quantitative estimate of drug-likeness (QED) is 0.812. The highest BCUT2D eigenvalue weighted by Gasteiger charge is 2.32. The average molecular weight is 396 g/mol. The highest BCUT2D eigenvalue weighted by molar-refractivity contribution is 5.95. The summed E-state index contributed by atoms with van der Waals surface area (Å²) in [5, 5.41) is 2.86. The first-order chi connectivity index (χ1) is 13.7. The fourth-order valence-corrected chi connectivity index (χ4v) is 3.33. The van der Waals surface area contributed by atoms with Crippen molar-refractivity contribution < 1.29 is 19.1 Å². The summed E-state index contributed by atoms with van der Waals surface area (Å²) in [4.78, 5) is 26.1. The molecule has 2 aromatic carbocycles. The van der Waals surface area contributed by atoms with E-state index in [0.29, 0.717) is 11.5 Å². The van der Waals surface area contributed by atoms with E-state index in [1.54, 1.807) is 13.1 Å². The summed E-state index contributed by atoms with van der Waals surface area (Å²) in [5.41, 5.74) is 3.66. The van der Waals surface area contributed by atoms with Gasteiger partial charge in [-0.1, -0.05) is 24.3 Å². The number of hydrogen-bond donors (Lipinski definition) is 1. The number of carbonyl (C=O) groups excluding carboxylic acids is 2. The number of nitrogens with one attached hydrogen (secondary N) is 1. The Morgan fingerprint density at radius 2 is 1.90 bits per heavy atom. The molecule has 2 aromatic rings. The zero-order chi connectivity index (χ0) is 21.2. The molecule has 2 amide bonds. The molecule has 0 aromatic heterocycles. The van der Waals surface area contributed by atoms with Crippen molar-refractivity contribution in [2.75, 3.05) is 25.5 Å². The minimum absolute atomic E-state index is 0.0496. The Morgan fingerprint density at radius 1 is 1.17 bits per heavy atom. The van der Waals surface area contributed by atoms with E-state index in [2.05, 4.69) is 5.32 Å². The molecule has 0 bridgehead atoms. The van der Waals surface area contributed by atoms with Gasteiger partial charge in [-0.2, -0.15) is 0 Å². The Labute approximate surface area is 171 Å². The fourth-order valence-electron chi connectivity index (χ4n) is 3.33. The predicted octanol–water partition coefficient (Wildman–Crippen LogP) is 3.49. The van der Waals surface area contributed by atoms with E-state index in [0.717, 1.165) is 28.8 Å². The van der Waals surface area contributed by atoms with Gasteiger partial charge >= 0.3 is 0 Å². The van der Waals surface area contributed by atoms with Gasteiger partial charge in [0.25, 0.3) is 5.91 Å². The van der Waals surface area contributed by atoms with Gasteiger partial charge in [0.2, 0.25) is 5.91 Å². The summed E-state index contributed by atoms with van der Waals surface area (Å²) in [6.45, 7) is 7.77. The van der Waals surface area contributed by atoms with Crippen molar-refractivity contribution in [2.24, 2.45) is 0 Å². The molecular formula is C23H28N2O4. The van der Waals surface area contributed by atoms with Gasteiger partial charge < -0.3 is 19.7 Å². The molecule has 3 rings (SSSR count). The van der Waals surface area contributed by atoms with Crippen molar-refractivity contribution in [1.82, 2.24) is 4.90 Å². The van der Waals surface area contributed by atoms with Crippen molar-refractivity contribution in [3.05, 3.63) is 53.1 Å². The minimum Gasteiger partial charge on any atom is -0.483 e. The van der Waals surface area contributed by atoms with Crippen LogP contribution in [0.5, 0.6) is 11.5 Å². The number of hydrogen-bond acceptors (Lipinski definition) is 4. The highest BCUT2D eigenvalue weighted by Crippen LogP contribution is 2.41. The van der Waals surface area contributed by atoms with E-state index in [1.165, 1.54) is 4.90 Å². The molecule has 1 aliphatic heterocycles. The molecule has 1 heterocycles.